The van der Waals surface area contributed by atoms with Gasteiger partial charge in [-0.3, -0.25) is 5.32 Å². The third kappa shape index (κ3) is 14.9. The van der Waals surface area contributed by atoms with Crippen LogP contribution in [0.2, 0.25) is 0 Å². The highest BCUT2D eigenvalue weighted by Crippen LogP contribution is 2.23. The summed E-state index contributed by atoms with van der Waals surface area (Å²) in [6.45, 7) is 8.65. The number of amides is 2. The molecular weight excluding hydrogens is 558 g/mol. The Morgan fingerprint density at radius 1 is 1.00 bits per heavy atom. The number of alkyl halides is 2. The number of benzene rings is 1. The summed E-state index contributed by atoms with van der Waals surface area (Å²) in [6.07, 6.45) is -1.65. The summed E-state index contributed by atoms with van der Waals surface area (Å²) in [4.78, 5) is 46.5. The lowest BCUT2D eigenvalue weighted by molar-refractivity contribution is -0.183. The van der Waals surface area contributed by atoms with E-state index in [1.807, 2.05) is 0 Å². The average Bonchev–Trinajstić information content (AvgIpc) is 2.87. The molecule has 0 saturated carbocycles. The third-order valence-corrected chi connectivity index (χ3v) is 5.21. The van der Waals surface area contributed by atoms with E-state index in [2.05, 4.69) is 21.1 Å². The molecule has 14 heteroatoms. The van der Waals surface area contributed by atoms with Crippen molar-refractivity contribution in [3.8, 4) is 0 Å². The smallest absolute Gasteiger partial charge is 0.414 e. The molecule has 2 rings (SSSR count). The van der Waals surface area contributed by atoms with E-state index in [9.17, 15) is 14.4 Å². The fourth-order valence-electron chi connectivity index (χ4n) is 3.45. The van der Waals surface area contributed by atoms with Crippen LogP contribution in [0.25, 0.3) is 0 Å². The minimum absolute atomic E-state index is 0.0728. The zero-order chi connectivity index (χ0) is 31.4. The minimum atomic E-state index is -3.65. The lowest BCUT2D eigenvalue weighted by atomic mass is 10.1. The normalized spacial score (nSPS) is 17.0. The molecule has 2 atom stereocenters. The highest BCUT2D eigenvalue weighted by Gasteiger charge is 2.39. The second kappa shape index (κ2) is 15.6. The van der Waals surface area contributed by atoms with Gasteiger partial charge in [0.15, 0.2) is 6.29 Å². The van der Waals surface area contributed by atoms with Crippen LogP contribution in [-0.4, -0.2) is 66.7 Å². The molecule has 0 aromatic heterocycles. The first-order valence-electron chi connectivity index (χ1n) is 13.7. The van der Waals surface area contributed by atoms with Crippen LogP contribution in [0.4, 0.5) is 18.4 Å². The minimum Gasteiger partial charge on any atom is -0.458 e. The number of aliphatic imine (C=N–C) groups is 1. The number of hydrogen-bond acceptors (Lipinski definition) is 9. The molecule has 1 aromatic carbocycles. The molecule has 1 fully saturated rings. The van der Waals surface area contributed by atoms with E-state index in [4.69, 9.17) is 23.8 Å². The van der Waals surface area contributed by atoms with Gasteiger partial charge in [0.05, 0.1) is 0 Å². The molecule has 2 amide bonds. The van der Waals surface area contributed by atoms with Crippen molar-refractivity contribution >= 4 is 24.1 Å². The number of guanidine groups is 1. The summed E-state index contributed by atoms with van der Waals surface area (Å²) in [7, 11) is 0. The molecule has 1 unspecified atom stereocenters. The van der Waals surface area contributed by atoms with Crippen molar-refractivity contribution in [2.45, 2.75) is 103 Å². The van der Waals surface area contributed by atoms with Crippen molar-refractivity contribution in [1.82, 2.24) is 16.1 Å². The Morgan fingerprint density at radius 3 is 2.26 bits per heavy atom. The Kier molecular flexibility index (Phi) is 12.9. The summed E-state index contributed by atoms with van der Waals surface area (Å²) in [5.41, 5.74) is 1.13. The van der Waals surface area contributed by atoms with Crippen molar-refractivity contribution in [1.29, 1.82) is 0 Å². The molecule has 1 aliphatic heterocycles. The van der Waals surface area contributed by atoms with Gasteiger partial charge in [0.25, 0.3) is 5.92 Å². The second-order valence-electron chi connectivity index (χ2n) is 11.7. The molecule has 42 heavy (non-hydrogen) atoms. The molecule has 0 spiro atoms. The fourth-order valence-corrected chi connectivity index (χ4v) is 3.45. The fraction of sp³-hybridized carbons (Fsp3) is 0.643. The Hall–Kier alpha value is -3.52. The van der Waals surface area contributed by atoms with E-state index >= 15 is 8.78 Å². The SMILES string of the molecule is CC(C)(C)OC(=O)N[C@@H](CC(F)(F)CN=C(NOC1CCCCO1)NC(=O)OCc1ccccc1)C(=O)OC(C)(C)C. The Bertz CT molecular complexity index is 1050. The zero-order valence-corrected chi connectivity index (χ0v) is 25.0. The van der Waals surface area contributed by atoms with E-state index in [0.717, 1.165) is 12.8 Å². The van der Waals surface area contributed by atoms with Gasteiger partial charge in [-0.05, 0) is 59.9 Å². The Balaban J connectivity index is 2.13. The van der Waals surface area contributed by atoms with Crippen molar-refractivity contribution in [3.63, 3.8) is 0 Å². The number of carbonyl (C=O) groups excluding carboxylic acids is 3. The first kappa shape index (κ1) is 34.7. The quantitative estimate of drug-likeness (QED) is 0.116. The van der Waals surface area contributed by atoms with Crippen LogP contribution >= 0.6 is 0 Å². The molecule has 1 saturated heterocycles. The number of rotatable bonds is 10. The molecule has 1 aromatic rings. The first-order valence-corrected chi connectivity index (χ1v) is 13.7. The van der Waals surface area contributed by atoms with Gasteiger partial charge in [0.1, 0.15) is 30.4 Å². The summed E-state index contributed by atoms with van der Waals surface area (Å²) in [5, 5.41) is 4.41. The van der Waals surface area contributed by atoms with E-state index < -0.39 is 66.5 Å². The average molecular weight is 601 g/mol. The Morgan fingerprint density at radius 2 is 1.67 bits per heavy atom. The number of nitrogens with zero attached hydrogens (tertiary/aromatic N) is 1. The highest BCUT2D eigenvalue weighted by molar-refractivity contribution is 5.93. The number of carbonyl (C=O) groups is 3. The zero-order valence-electron chi connectivity index (χ0n) is 25.0. The van der Waals surface area contributed by atoms with Gasteiger partial charge in [-0.1, -0.05) is 30.3 Å². The summed E-state index contributed by atoms with van der Waals surface area (Å²) in [5.74, 6) is -5.19. The monoisotopic (exact) mass is 600 g/mol. The summed E-state index contributed by atoms with van der Waals surface area (Å²) in [6, 6.07) is 7.09. The molecule has 12 nitrogen and oxygen atoms in total. The van der Waals surface area contributed by atoms with Gasteiger partial charge >= 0.3 is 18.2 Å². The highest BCUT2D eigenvalue weighted by atomic mass is 19.3. The van der Waals surface area contributed by atoms with Gasteiger partial charge in [-0.2, -0.15) is 0 Å². The lowest BCUT2D eigenvalue weighted by Gasteiger charge is -2.28. The van der Waals surface area contributed by atoms with Gasteiger partial charge in [0, 0.05) is 19.4 Å². The Labute approximate surface area is 244 Å². The maximum atomic E-state index is 15.2. The van der Waals surface area contributed by atoms with Gasteiger partial charge in [0.2, 0.25) is 5.96 Å². The van der Waals surface area contributed by atoms with Crippen LogP contribution in [0.5, 0.6) is 0 Å². The van der Waals surface area contributed by atoms with Crippen LogP contribution in [0.3, 0.4) is 0 Å². The van der Waals surface area contributed by atoms with Crippen LogP contribution in [-0.2, 0) is 35.2 Å². The molecular formula is C28H42F2N4O8. The van der Waals surface area contributed by atoms with Crippen LogP contribution < -0.4 is 16.1 Å². The number of esters is 1. The first-order chi connectivity index (χ1) is 19.5. The molecule has 0 aliphatic carbocycles. The molecule has 0 radical (unpaired) electrons. The van der Waals surface area contributed by atoms with Crippen molar-refractivity contribution in [2.24, 2.45) is 4.99 Å². The maximum Gasteiger partial charge on any atom is 0.414 e. The number of alkyl carbamates (subject to hydrolysis) is 2. The van der Waals surface area contributed by atoms with Gasteiger partial charge < -0.3 is 24.3 Å². The van der Waals surface area contributed by atoms with Gasteiger partial charge in [-0.25, -0.2) is 38.5 Å². The van der Waals surface area contributed by atoms with E-state index in [1.165, 1.54) is 0 Å². The third-order valence-electron chi connectivity index (χ3n) is 5.21. The standard InChI is InChI=1S/C28H42F2N4O8/c1-26(2,3)40-22(35)20(32-25(37)41-27(4,5)6)16-28(29,30)18-31-23(34-42-21-14-10-11-15-38-21)33-24(36)39-17-19-12-8-7-9-13-19/h7-9,12-13,20-21H,10-11,14-18H2,1-6H3,(H,32,37)(H2,31,33,34,36)/t20-,21?/m0/s1. The molecule has 1 aliphatic rings. The molecule has 236 valence electrons. The van der Waals surface area contributed by atoms with E-state index in [-0.39, 0.29) is 6.61 Å². The summed E-state index contributed by atoms with van der Waals surface area (Å²) < 4.78 is 51.3. The maximum absolute atomic E-state index is 15.2. The summed E-state index contributed by atoms with van der Waals surface area (Å²) >= 11 is 0. The predicted molar refractivity (Wildman–Crippen MR) is 148 cm³/mol. The van der Waals surface area contributed by atoms with E-state index in [0.29, 0.717) is 18.6 Å². The predicted octanol–water partition coefficient (Wildman–Crippen LogP) is 4.58. The van der Waals surface area contributed by atoms with Gasteiger partial charge in [-0.15, -0.1) is 0 Å². The molecule has 1 heterocycles. The molecule has 0 bridgehead atoms. The van der Waals surface area contributed by atoms with Crippen molar-refractivity contribution in [3.05, 3.63) is 35.9 Å². The van der Waals surface area contributed by atoms with Crippen LogP contribution in [0, 0.1) is 0 Å². The van der Waals surface area contributed by atoms with Crippen molar-refractivity contribution in [2.75, 3.05) is 13.2 Å². The number of ether oxygens (including phenoxy) is 4. The number of hydrogen-bond donors (Lipinski definition) is 3. The second-order valence-corrected chi connectivity index (χ2v) is 11.7. The number of halogens is 2. The number of nitrogens with one attached hydrogen (secondary N) is 3. The molecule has 3 N–H and O–H groups in total. The van der Waals surface area contributed by atoms with E-state index in [1.54, 1.807) is 71.9 Å². The topological polar surface area (TPSA) is 146 Å². The van der Waals surface area contributed by atoms with Crippen LogP contribution in [0.1, 0.15) is 72.8 Å². The number of hydroxylamine groups is 1. The largest absolute Gasteiger partial charge is 0.458 e. The lowest BCUT2D eigenvalue weighted by Crippen LogP contribution is -2.49. The van der Waals surface area contributed by atoms with Crippen LogP contribution in [0.15, 0.2) is 35.3 Å². The van der Waals surface area contributed by atoms with Crippen molar-refractivity contribution < 1.29 is 46.9 Å².